The first-order chi connectivity index (χ1) is 8.11. The Morgan fingerprint density at radius 2 is 2.24 bits per heavy atom. The number of hydrogen-bond acceptors (Lipinski definition) is 3. The van der Waals surface area contributed by atoms with E-state index in [9.17, 15) is 0 Å². The fourth-order valence-electron chi connectivity index (χ4n) is 1.68. The second-order valence-corrected chi connectivity index (χ2v) is 5.09. The fraction of sp³-hybridized carbons (Fsp3) is 0.500. The summed E-state index contributed by atoms with van der Waals surface area (Å²) in [6, 6.07) is 4.12. The van der Waals surface area contributed by atoms with Crippen molar-refractivity contribution in [2.45, 2.75) is 32.9 Å². The van der Waals surface area contributed by atoms with Crippen LogP contribution in [-0.4, -0.2) is 28.2 Å². The molecule has 0 aliphatic carbocycles. The van der Waals surface area contributed by atoms with E-state index >= 15 is 0 Å². The second-order valence-electron chi connectivity index (χ2n) is 4.24. The zero-order valence-corrected chi connectivity index (χ0v) is 11.9. The molecule has 1 aromatic heterocycles. The highest BCUT2D eigenvalue weighted by Crippen LogP contribution is 2.22. The van der Waals surface area contributed by atoms with Crippen LogP contribution in [-0.2, 0) is 11.3 Å². The summed E-state index contributed by atoms with van der Waals surface area (Å²) in [7, 11) is 1.73. The van der Waals surface area contributed by atoms with Gasteiger partial charge in [-0.3, -0.25) is 0 Å². The zero-order chi connectivity index (χ0) is 12.4. The third-order valence-corrected chi connectivity index (χ3v) is 3.80. The van der Waals surface area contributed by atoms with Crippen LogP contribution in [0.25, 0.3) is 11.0 Å². The second kappa shape index (κ2) is 5.14. The molecule has 0 aliphatic heterocycles. The lowest BCUT2D eigenvalue weighted by molar-refractivity contribution is 0.106. The molecular weight excluding hydrogens is 282 g/mol. The highest BCUT2D eigenvalue weighted by Gasteiger charge is 2.08. The summed E-state index contributed by atoms with van der Waals surface area (Å²) < 4.78 is 8.25. The normalized spacial score (nSPS) is 13.2. The van der Waals surface area contributed by atoms with Crippen molar-refractivity contribution < 1.29 is 4.74 Å². The quantitative estimate of drug-likeness (QED) is 0.871. The zero-order valence-electron chi connectivity index (χ0n) is 10.3. The van der Waals surface area contributed by atoms with Gasteiger partial charge in [0.15, 0.2) is 0 Å². The Morgan fingerprint density at radius 1 is 1.47 bits per heavy atom. The number of rotatable bonds is 4. The van der Waals surface area contributed by atoms with Crippen LogP contribution in [0.4, 0.5) is 0 Å². The molecule has 2 rings (SSSR count). The van der Waals surface area contributed by atoms with Crippen LogP contribution in [0.3, 0.4) is 0 Å². The Kier molecular flexibility index (Phi) is 3.79. The van der Waals surface area contributed by atoms with Crippen LogP contribution >= 0.6 is 15.9 Å². The van der Waals surface area contributed by atoms with Gasteiger partial charge >= 0.3 is 0 Å². The molecule has 0 amide bonds. The standard InChI is InChI=1S/C12H16BrN3O/c1-8-6-11-12(7-10(8)13)16(15-14-11)5-4-9(2)17-3/h6-7,9H,4-5H2,1-3H3. The van der Waals surface area contributed by atoms with Crippen molar-refractivity contribution in [3.8, 4) is 0 Å². The number of benzene rings is 1. The van der Waals surface area contributed by atoms with Crippen molar-refractivity contribution in [1.82, 2.24) is 15.0 Å². The van der Waals surface area contributed by atoms with E-state index in [1.165, 1.54) is 5.56 Å². The summed E-state index contributed by atoms with van der Waals surface area (Å²) in [6.07, 6.45) is 1.17. The molecule has 17 heavy (non-hydrogen) atoms. The van der Waals surface area contributed by atoms with E-state index in [-0.39, 0.29) is 6.10 Å². The molecule has 0 saturated heterocycles. The monoisotopic (exact) mass is 297 g/mol. The Hall–Kier alpha value is -0.940. The molecule has 0 bridgehead atoms. The van der Waals surface area contributed by atoms with Crippen LogP contribution in [0.15, 0.2) is 16.6 Å². The maximum Gasteiger partial charge on any atom is 0.113 e. The number of nitrogens with zero attached hydrogens (tertiary/aromatic N) is 3. The van der Waals surface area contributed by atoms with E-state index in [0.29, 0.717) is 0 Å². The average molecular weight is 298 g/mol. The largest absolute Gasteiger partial charge is 0.382 e. The molecular formula is C12H16BrN3O. The summed E-state index contributed by atoms with van der Waals surface area (Å²) >= 11 is 3.54. The molecule has 0 aliphatic rings. The maximum absolute atomic E-state index is 5.23. The van der Waals surface area contributed by atoms with Crippen LogP contribution in [0.1, 0.15) is 18.9 Å². The molecule has 0 radical (unpaired) electrons. The molecule has 2 aromatic rings. The van der Waals surface area contributed by atoms with Gasteiger partial charge < -0.3 is 4.74 Å². The number of ether oxygens (including phenoxy) is 1. The molecule has 1 unspecified atom stereocenters. The Labute approximate surface area is 109 Å². The smallest absolute Gasteiger partial charge is 0.113 e. The highest BCUT2D eigenvalue weighted by atomic mass is 79.9. The van der Waals surface area contributed by atoms with Gasteiger partial charge in [0, 0.05) is 18.1 Å². The predicted molar refractivity (Wildman–Crippen MR) is 71.1 cm³/mol. The lowest BCUT2D eigenvalue weighted by atomic mass is 10.2. The first kappa shape index (κ1) is 12.5. The molecule has 5 heteroatoms. The summed E-state index contributed by atoms with van der Waals surface area (Å²) in [5.41, 5.74) is 3.18. The number of methoxy groups -OCH3 is 1. The van der Waals surface area contributed by atoms with Gasteiger partial charge in [0.2, 0.25) is 0 Å². The molecule has 0 spiro atoms. The van der Waals surface area contributed by atoms with Crippen molar-refractivity contribution in [2.75, 3.05) is 7.11 Å². The Bertz CT molecular complexity index is 524. The van der Waals surface area contributed by atoms with Crippen LogP contribution in [0.5, 0.6) is 0 Å². The summed E-state index contributed by atoms with van der Waals surface area (Å²) in [5, 5.41) is 8.35. The molecule has 1 atom stereocenters. The van der Waals surface area contributed by atoms with Gasteiger partial charge in [-0.15, -0.1) is 5.10 Å². The first-order valence-electron chi connectivity index (χ1n) is 5.64. The van der Waals surface area contributed by atoms with E-state index in [2.05, 4.69) is 46.2 Å². The maximum atomic E-state index is 5.23. The SMILES string of the molecule is COC(C)CCn1nnc2cc(C)c(Br)cc21. The van der Waals surface area contributed by atoms with Crippen LogP contribution < -0.4 is 0 Å². The third kappa shape index (κ3) is 2.66. The molecule has 0 saturated carbocycles. The van der Waals surface area contributed by atoms with Gasteiger partial charge in [0.25, 0.3) is 0 Å². The number of aryl methyl sites for hydroxylation is 2. The van der Waals surface area contributed by atoms with E-state index in [0.717, 1.165) is 28.5 Å². The van der Waals surface area contributed by atoms with Crippen molar-refractivity contribution in [3.05, 3.63) is 22.2 Å². The number of halogens is 1. The van der Waals surface area contributed by atoms with Gasteiger partial charge in [0.05, 0.1) is 11.6 Å². The average Bonchev–Trinajstić information content (AvgIpc) is 2.69. The van der Waals surface area contributed by atoms with E-state index in [4.69, 9.17) is 4.74 Å². The summed E-state index contributed by atoms with van der Waals surface area (Å²) in [4.78, 5) is 0. The highest BCUT2D eigenvalue weighted by molar-refractivity contribution is 9.10. The van der Waals surface area contributed by atoms with Crippen molar-refractivity contribution in [2.24, 2.45) is 0 Å². The molecule has 1 aromatic carbocycles. The minimum absolute atomic E-state index is 0.239. The number of aromatic nitrogens is 3. The topological polar surface area (TPSA) is 39.9 Å². The molecule has 0 fully saturated rings. The molecule has 1 heterocycles. The summed E-state index contributed by atoms with van der Waals surface area (Å²) in [5.74, 6) is 0. The Morgan fingerprint density at radius 3 is 2.94 bits per heavy atom. The minimum atomic E-state index is 0.239. The van der Waals surface area contributed by atoms with Crippen LogP contribution in [0, 0.1) is 6.92 Å². The predicted octanol–water partition coefficient (Wildman–Crippen LogP) is 2.93. The first-order valence-corrected chi connectivity index (χ1v) is 6.43. The molecule has 0 N–H and O–H groups in total. The lowest BCUT2D eigenvalue weighted by Crippen LogP contribution is -2.10. The molecule has 92 valence electrons. The fourth-order valence-corrected chi connectivity index (χ4v) is 2.01. The lowest BCUT2D eigenvalue weighted by Gasteiger charge is -2.09. The van der Waals surface area contributed by atoms with Crippen molar-refractivity contribution >= 4 is 27.0 Å². The van der Waals surface area contributed by atoms with Crippen LogP contribution in [0.2, 0.25) is 0 Å². The van der Waals surface area contributed by atoms with E-state index in [1.54, 1.807) is 7.11 Å². The number of hydrogen-bond donors (Lipinski definition) is 0. The van der Waals surface area contributed by atoms with E-state index < -0.39 is 0 Å². The van der Waals surface area contributed by atoms with Gasteiger partial charge in [-0.25, -0.2) is 4.68 Å². The summed E-state index contributed by atoms with van der Waals surface area (Å²) in [6.45, 7) is 4.93. The van der Waals surface area contributed by atoms with Gasteiger partial charge in [-0.2, -0.15) is 0 Å². The Balaban J connectivity index is 2.26. The van der Waals surface area contributed by atoms with Gasteiger partial charge in [-0.1, -0.05) is 21.1 Å². The van der Waals surface area contributed by atoms with Gasteiger partial charge in [-0.05, 0) is 38.0 Å². The molecule has 4 nitrogen and oxygen atoms in total. The minimum Gasteiger partial charge on any atom is -0.382 e. The van der Waals surface area contributed by atoms with Crippen molar-refractivity contribution in [1.29, 1.82) is 0 Å². The third-order valence-electron chi connectivity index (χ3n) is 2.94. The van der Waals surface area contributed by atoms with Crippen molar-refractivity contribution in [3.63, 3.8) is 0 Å². The number of fused-ring (bicyclic) bond motifs is 1. The van der Waals surface area contributed by atoms with Gasteiger partial charge in [0.1, 0.15) is 5.52 Å². The van der Waals surface area contributed by atoms with E-state index in [1.807, 2.05) is 10.7 Å².